The Morgan fingerprint density at radius 3 is 2.52 bits per heavy atom. The molecule has 0 saturated carbocycles. The van der Waals surface area contributed by atoms with Crippen molar-refractivity contribution in [3.05, 3.63) is 59.2 Å². The number of nitrogens with zero attached hydrogens (tertiary/aromatic N) is 3. The molecule has 1 unspecified atom stereocenters. The fourth-order valence-electron chi connectivity index (χ4n) is 2.83. The van der Waals surface area contributed by atoms with Gasteiger partial charge in [-0.2, -0.15) is 0 Å². The number of halogens is 1. The molecule has 1 atom stereocenters. The highest BCUT2D eigenvalue weighted by Crippen LogP contribution is 2.21. The third-order valence-electron chi connectivity index (χ3n) is 4.32. The van der Waals surface area contributed by atoms with E-state index in [2.05, 4.69) is 22.0 Å². The lowest BCUT2D eigenvalue weighted by molar-refractivity contribution is -0.130. The van der Waals surface area contributed by atoms with Gasteiger partial charge in [-0.05, 0) is 24.6 Å². The number of benzene rings is 1. The number of aromatic nitrogens is 1. The summed E-state index contributed by atoms with van der Waals surface area (Å²) in [6, 6.07) is 14.1. The highest BCUT2D eigenvalue weighted by molar-refractivity contribution is 7.99. The Hall–Kier alpha value is -1.72. The molecule has 1 aliphatic rings. The summed E-state index contributed by atoms with van der Waals surface area (Å²) in [7, 11) is 0. The molecule has 132 valence electrons. The minimum Gasteiger partial charge on any atom is -0.353 e. The van der Waals surface area contributed by atoms with Gasteiger partial charge in [0.1, 0.15) is 5.82 Å². The predicted molar refractivity (Wildman–Crippen MR) is 105 cm³/mol. The Morgan fingerprint density at radius 2 is 1.88 bits per heavy atom. The molecular formula is C19H22ClN3OS. The first-order valence-electron chi connectivity index (χ1n) is 8.44. The van der Waals surface area contributed by atoms with Crippen molar-refractivity contribution in [2.75, 3.05) is 31.1 Å². The van der Waals surface area contributed by atoms with Gasteiger partial charge < -0.3 is 9.80 Å². The van der Waals surface area contributed by atoms with Crippen molar-refractivity contribution < 1.29 is 4.79 Å². The molecule has 1 saturated heterocycles. The van der Waals surface area contributed by atoms with E-state index in [0.29, 0.717) is 5.02 Å². The molecule has 0 radical (unpaired) electrons. The topological polar surface area (TPSA) is 36.4 Å². The van der Waals surface area contributed by atoms with E-state index in [-0.39, 0.29) is 11.2 Å². The molecule has 1 aromatic heterocycles. The minimum atomic E-state index is -0.0274. The summed E-state index contributed by atoms with van der Waals surface area (Å²) in [4.78, 5) is 21.2. The zero-order chi connectivity index (χ0) is 17.6. The van der Waals surface area contributed by atoms with Crippen molar-refractivity contribution in [3.8, 4) is 0 Å². The number of hydrogen-bond donors (Lipinski definition) is 0. The molecule has 1 aromatic carbocycles. The summed E-state index contributed by atoms with van der Waals surface area (Å²) < 4.78 is 0. The van der Waals surface area contributed by atoms with Crippen molar-refractivity contribution in [2.45, 2.75) is 17.9 Å². The first-order chi connectivity index (χ1) is 12.1. The van der Waals surface area contributed by atoms with Crippen molar-refractivity contribution in [3.63, 3.8) is 0 Å². The summed E-state index contributed by atoms with van der Waals surface area (Å²) >= 11 is 7.59. The van der Waals surface area contributed by atoms with E-state index in [1.165, 1.54) is 5.56 Å². The van der Waals surface area contributed by atoms with E-state index < -0.39 is 0 Å². The molecule has 4 nitrogen and oxygen atoms in total. The maximum atomic E-state index is 12.7. The number of hydrogen-bond acceptors (Lipinski definition) is 4. The lowest BCUT2D eigenvalue weighted by Crippen LogP contribution is -2.50. The fraction of sp³-hybridized carbons (Fsp3) is 0.368. The summed E-state index contributed by atoms with van der Waals surface area (Å²) in [5.74, 6) is 2.01. The van der Waals surface area contributed by atoms with Gasteiger partial charge in [0.25, 0.3) is 0 Å². The van der Waals surface area contributed by atoms with E-state index >= 15 is 0 Å². The highest BCUT2D eigenvalue weighted by Gasteiger charge is 2.25. The molecule has 0 spiro atoms. The van der Waals surface area contributed by atoms with Crippen LogP contribution in [0.4, 0.5) is 5.82 Å². The van der Waals surface area contributed by atoms with E-state index in [4.69, 9.17) is 11.6 Å². The van der Waals surface area contributed by atoms with Gasteiger partial charge in [0, 0.05) is 38.1 Å². The second-order valence-corrected chi connectivity index (χ2v) is 7.85. The molecule has 2 aromatic rings. The van der Waals surface area contributed by atoms with Crippen molar-refractivity contribution in [2.24, 2.45) is 0 Å². The van der Waals surface area contributed by atoms with Crippen molar-refractivity contribution in [1.82, 2.24) is 9.88 Å². The van der Waals surface area contributed by atoms with Gasteiger partial charge in [-0.3, -0.25) is 4.79 Å². The zero-order valence-electron chi connectivity index (χ0n) is 14.3. The number of anilines is 1. The van der Waals surface area contributed by atoms with Gasteiger partial charge in [-0.25, -0.2) is 4.98 Å². The highest BCUT2D eigenvalue weighted by atomic mass is 35.5. The molecule has 1 amide bonds. The second kappa shape index (κ2) is 8.59. The Bertz CT molecular complexity index is 688. The Morgan fingerprint density at radius 1 is 1.16 bits per heavy atom. The fourth-order valence-corrected chi connectivity index (χ4v) is 3.87. The summed E-state index contributed by atoms with van der Waals surface area (Å²) in [5.41, 5.74) is 1.26. The van der Waals surface area contributed by atoms with Crippen LogP contribution in [0.25, 0.3) is 0 Å². The van der Waals surface area contributed by atoms with Gasteiger partial charge in [-0.15, -0.1) is 11.8 Å². The Labute approximate surface area is 158 Å². The van der Waals surface area contributed by atoms with Crippen LogP contribution in [0.2, 0.25) is 5.02 Å². The summed E-state index contributed by atoms with van der Waals surface area (Å²) in [6.45, 7) is 5.08. The molecular weight excluding hydrogens is 354 g/mol. The first-order valence-corrected chi connectivity index (χ1v) is 9.87. The van der Waals surface area contributed by atoms with Gasteiger partial charge in [-0.1, -0.05) is 41.9 Å². The van der Waals surface area contributed by atoms with Crippen LogP contribution in [0.3, 0.4) is 0 Å². The molecule has 0 aliphatic carbocycles. The van der Waals surface area contributed by atoms with Crippen molar-refractivity contribution >= 4 is 35.1 Å². The minimum absolute atomic E-state index is 0.0274. The number of piperazine rings is 1. The van der Waals surface area contributed by atoms with E-state index in [0.717, 1.165) is 37.7 Å². The number of thioether (sulfide) groups is 1. The van der Waals surface area contributed by atoms with Crippen LogP contribution >= 0.6 is 23.4 Å². The van der Waals surface area contributed by atoms with Crippen LogP contribution < -0.4 is 4.90 Å². The number of rotatable bonds is 5. The summed E-state index contributed by atoms with van der Waals surface area (Å²) in [5, 5.41) is 0.613. The largest absolute Gasteiger partial charge is 0.353 e. The van der Waals surface area contributed by atoms with Crippen LogP contribution in [0, 0.1) is 0 Å². The van der Waals surface area contributed by atoms with Crippen LogP contribution in [0.1, 0.15) is 12.5 Å². The summed E-state index contributed by atoms with van der Waals surface area (Å²) in [6.07, 6.45) is 1.66. The molecule has 0 N–H and O–H groups in total. The van der Waals surface area contributed by atoms with E-state index in [9.17, 15) is 4.79 Å². The number of carbonyl (C=O) groups excluding carboxylic acids is 1. The van der Waals surface area contributed by atoms with Crippen LogP contribution in [0.5, 0.6) is 0 Å². The molecule has 3 rings (SSSR count). The monoisotopic (exact) mass is 375 g/mol. The molecule has 6 heteroatoms. The maximum absolute atomic E-state index is 12.7. The maximum Gasteiger partial charge on any atom is 0.235 e. The Kier molecular flexibility index (Phi) is 6.21. The lowest BCUT2D eigenvalue weighted by atomic mass is 10.2. The number of pyridine rings is 1. The van der Waals surface area contributed by atoms with Gasteiger partial charge in [0.2, 0.25) is 5.91 Å². The quantitative estimate of drug-likeness (QED) is 0.798. The SMILES string of the molecule is CC(SCc1ccccc1)C(=O)N1CCN(c2ccc(Cl)cn2)CC1. The average Bonchev–Trinajstić information content (AvgIpc) is 2.67. The second-order valence-electron chi connectivity index (χ2n) is 6.09. The molecule has 0 bridgehead atoms. The van der Waals surface area contributed by atoms with Crippen molar-refractivity contribution in [1.29, 1.82) is 0 Å². The smallest absolute Gasteiger partial charge is 0.235 e. The third-order valence-corrected chi connectivity index (χ3v) is 5.74. The molecule has 25 heavy (non-hydrogen) atoms. The molecule has 2 heterocycles. The Balaban J connectivity index is 1.48. The van der Waals surface area contributed by atoms with Gasteiger partial charge >= 0.3 is 0 Å². The number of carbonyl (C=O) groups is 1. The van der Waals surface area contributed by atoms with E-state index in [1.54, 1.807) is 18.0 Å². The lowest BCUT2D eigenvalue weighted by Gasteiger charge is -2.36. The first kappa shape index (κ1) is 18.1. The molecule has 1 aliphatic heterocycles. The normalized spacial score (nSPS) is 15.9. The third kappa shape index (κ3) is 4.89. The average molecular weight is 376 g/mol. The van der Waals surface area contributed by atoms with Crippen LogP contribution in [-0.2, 0) is 10.5 Å². The zero-order valence-corrected chi connectivity index (χ0v) is 15.8. The number of amides is 1. The van der Waals surface area contributed by atoms with Crippen LogP contribution in [0.15, 0.2) is 48.7 Å². The van der Waals surface area contributed by atoms with Crippen LogP contribution in [-0.4, -0.2) is 47.2 Å². The van der Waals surface area contributed by atoms with Gasteiger partial charge in [0.05, 0.1) is 10.3 Å². The standard InChI is InChI=1S/C19H22ClN3OS/c1-15(25-14-16-5-3-2-4-6-16)19(24)23-11-9-22(10-12-23)18-8-7-17(20)13-21-18/h2-8,13,15H,9-12,14H2,1H3. The van der Waals surface area contributed by atoms with E-state index in [1.807, 2.05) is 42.2 Å². The molecule has 1 fully saturated rings. The predicted octanol–water partition coefficient (Wildman–Crippen LogP) is 3.71. The van der Waals surface area contributed by atoms with Gasteiger partial charge in [0.15, 0.2) is 0 Å².